The summed E-state index contributed by atoms with van der Waals surface area (Å²) in [7, 11) is 0. The maximum absolute atomic E-state index is 12.2. The molecule has 0 radical (unpaired) electrons. The third-order valence-electron chi connectivity index (χ3n) is 3.15. The molecule has 0 saturated carbocycles. The Labute approximate surface area is 108 Å². The minimum absolute atomic E-state index is 0.0318. The summed E-state index contributed by atoms with van der Waals surface area (Å²) in [6.45, 7) is 2.75. The lowest BCUT2D eigenvalue weighted by Gasteiger charge is -2.23. The number of nitrogens with two attached hydrogens (primary N) is 1. The molecule has 1 aliphatic heterocycles. The van der Waals surface area contributed by atoms with Crippen LogP contribution in [0.4, 0.5) is 0 Å². The van der Waals surface area contributed by atoms with Gasteiger partial charge in [0.15, 0.2) is 0 Å². The van der Waals surface area contributed by atoms with Crippen LogP contribution in [0, 0.1) is 0 Å². The molecule has 1 fully saturated rings. The predicted octanol–water partition coefficient (Wildman–Crippen LogP) is 0.805. The standard InChI is InChI=1S/C14H20N2O2/c15-13(11-12-5-2-1-3-6-12)14(17)16-7-4-9-18-10-8-16/h1-3,5-6,13H,4,7-11,15H2/t13-/m1/s1. The zero-order valence-electron chi connectivity index (χ0n) is 10.5. The minimum Gasteiger partial charge on any atom is -0.380 e. The Bertz CT molecular complexity index is 373. The number of ether oxygens (including phenoxy) is 1. The van der Waals surface area contributed by atoms with Crippen LogP contribution in [0.3, 0.4) is 0 Å². The molecule has 0 aliphatic carbocycles. The number of hydrogen-bond donors (Lipinski definition) is 1. The number of hydrogen-bond acceptors (Lipinski definition) is 3. The maximum atomic E-state index is 12.2. The summed E-state index contributed by atoms with van der Waals surface area (Å²) in [5, 5.41) is 0. The first kappa shape index (κ1) is 13.1. The van der Waals surface area contributed by atoms with Crippen molar-refractivity contribution in [1.29, 1.82) is 0 Å². The highest BCUT2D eigenvalue weighted by Gasteiger charge is 2.21. The molecule has 0 bridgehead atoms. The van der Waals surface area contributed by atoms with Crippen molar-refractivity contribution in [3.05, 3.63) is 35.9 Å². The summed E-state index contributed by atoms with van der Waals surface area (Å²) in [6, 6.07) is 9.43. The van der Waals surface area contributed by atoms with E-state index in [4.69, 9.17) is 10.5 Å². The monoisotopic (exact) mass is 248 g/mol. The topological polar surface area (TPSA) is 55.6 Å². The van der Waals surface area contributed by atoms with Gasteiger partial charge in [0.1, 0.15) is 0 Å². The Morgan fingerprint density at radius 1 is 1.28 bits per heavy atom. The molecule has 98 valence electrons. The summed E-state index contributed by atoms with van der Waals surface area (Å²) in [5.41, 5.74) is 7.10. The molecular formula is C14H20N2O2. The maximum Gasteiger partial charge on any atom is 0.239 e. The fourth-order valence-electron chi connectivity index (χ4n) is 2.16. The zero-order valence-corrected chi connectivity index (χ0v) is 10.5. The number of carbonyl (C=O) groups excluding carboxylic acids is 1. The van der Waals surface area contributed by atoms with Crippen molar-refractivity contribution in [2.45, 2.75) is 18.9 Å². The van der Waals surface area contributed by atoms with Crippen LogP contribution in [0.5, 0.6) is 0 Å². The van der Waals surface area contributed by atoms with E-state index in [9.17, 15) is 4.79 Å². The molecule has 1 amide bonds. The van der Waals surface area contributed by atoms with Crippen molar-refractivity contribution in [1.82, 2.24) is 4.90 Å². The van der Waals surface area contributed by atoms with Crippen LogP contribution in [0.25, 0.3) is 0 Å². The molecule has 4 nitrogen and oxygen atoms in total. The van der Waals surface area contributed by atoms with Gasteiger partial charge >= 0.3 is 0 Å². The molecule has 1 heterocycles. The van der Waals surface area contributed by atoms with Crippen LogP contribution < -0.4 is 5.73 Å². The fourth-order valence-corrected chi connectivity index (χ4v) is 2.16. The summed E-state index contributed by atoms with van der Waals surface area (Å²) in [6.07, 6.45) is 1.49. The number of benzene rings is 1. The summed E-state index contributed by atoms with van der Waals surface area (Å²) in [5.74, 6) is 0.0318. The van der Waals surface area contributed by atoms with E-state index in [0.717, 1.165) is 25.1 Å². The van der Waals surface area contributed by atoms with Gasteiger partial charge in [0.05, 0.1) is 12.6 Å². The molecule has 0 aromatic heterocycles. The van der Waals surface area contributed by atoms with Gasteiger partial charge in [0, 0.05) is 19.7 Å². The van der Waals surface area contributed by atoms with Crippen LogP contribution >= 0.6 is 0 Å². The van der Waals surface area contributed by atoms with Crippen molar-refractivity contribution in [2.24, 2.45) is 5.73 Å². The van der Waals surface area contributed by atoms with Gasteiger partial charge in [-0.05, 0) is 18.4 Å². The predicted molar refractivity (Wildman–Crippen MR) is 70.1 cm³/mol. The molecule has 1 saturated heterocycles. The lowest BCUT2D eigenvalue weighted by Crippen LogP contribution is -2.45. The summed E-state index contributed by atoms with van der Waals surface area (Å²) in [4.78, 5) is 14.0. The first-order valence-electron chi connectivity index (χ1n) is 6.43. The van der Waals surface area contributed by atoms with E-state index in [1.54, 1.807) is 0 Å². The van der Waals surface area contributed by atoms with Gasteiger partial charge in [-0.25, -0.2) is 0 Å². The number of nitrogens with zero attached hydrogens (tertiary/aromatic N) is 1. The molecule has 2 N–H and O–H groups in total. The van der Waals surface area contributed by atoms with Gasteiger partial charge in [0.25, 0.3) is 0 Å². The molecular weight excluding hydrogens is 228 g/mol. The molecule has 1 aliphatic rings. The van der Waals surface area contributed by atoms with E-state index in [-0.39, 0.29) is 5.91 Å². The highest BCUT2D eigenvalue weighted by Crippen LogP contribution is 2.06. The van der Waals surface area contributed by atoms with Crippen LogP contribution in [-0.4, -0.2) is 43.2 Å². The molecule has 1 atom stereocenters. The smallest absolute Gasteiger partial charge is 0.239 e. The number of rotatable bonds is 3. The molecule has 0 unspecified atom stereocenters. The van der Waals surface area contributed by atoms with Crippen LogP contribution in [0.2, 0.25) is 0 Å². The second kappa shape index (κ2) is 6.52. The van der Waals surface area contributed by atoms with Gasteiger partial charge in [-0.3, -0.25) is 4.79 Å². The Morgan fingerprint density at radius 2 is 2.06 bits per heavy atom. The van der Waals surface area contributed by atoms with Crippen molar-refractivity contribution in [3.63, 3.8) is 0 Å². The summed E-state index contributed by atoms with van der Waals surface area (Å²) >= 11 is 0. The molecule has 18 heavy (non-hydrogen) atoms. The van der Waals surface area contributed by atoms with Gasteiger partial charge in [0.2, 0.25) is 5.91 Å². The van der Waals surface area contributed by atoms with Gasteiger partial charge < -0.3 is 15.4 Å². The van der Waals surface area contributed by atoms with Crippen molar-refractivity contribution in [3.8, 4) is 0 Å². The molecule has 4 heteroatoms. The Kier molecular flexibility index (Phi) is 4.73. The quantitative estimate of drug-likeness (QED) is 0.861. The van der Waals surface area contributed by atoms with E-state index in [1.165, 1.54) is 0 Å². The van der Waals surface area contributed by atoms with Crippen LogP contribution in [0.15, 0.2) is 30.3 Å². The summed E-state index contributed by atoms with van der Waals surface area (Å²) < 4.78 is 5.34. The van der Waals surface area contributed by atoms with Gasteiger partial charge in [-0.1, -0.05) is 30.3 Å². The second-order valence-corrected chi connectivity index (χ2v) is 4.59. The molecule has 1 aromatic rings. The largest absolute Gasteiger partial charge is 0.380 e. The highest BCUT2D eigenvalue weighted by atomic mass is 16.5. The molecule has 2 rings (SSSR count). The average molecular weight is 248 g/mol. The van der Waals surface area contributed by atoms with Crippen LogP contribution in [0.1, 0.15) is 12.0 Å². The molecule has 0 spiro atoms. The lowest BCUT2D eigenvalue weighted by atomic mass is 10.1. The third kappa shape index (κ3) is 3.55. The second-order valence-electron chi connectivity index (χ2n) is 4.59. The highest BCUT2D eigenvalue weighted by molar-refractivity contribution is 5.82. The zero-order chi connectivity index (χ0) is 12.8. The van der Waals surface area contributed by atoms with Crippen LogP contribution in [-0.2, 0) is 16.0 Å². The fraction of sp³-hybridized carbons (Fsp3) is 0.500. The van der Waals surface area contributed by atoms with Crippen molar-refractivity contribution in [2.75, 3.05) is 26.3 Å². The van der Waals surface area contributed by atoms with E-state index < -0.39 is 6.04 Å². The third-order valence-corrected chi connectivity index (χ3v) is 3.15. The van der Waals surface area contributed by atoms with Crippen molar-refractivity contribution >= 4 is 5.91 Å². The lowest BCUT2D eigenvalue weighted by molar-refractivity contribution is -0.132. The number of carbonyl (C=O) groups is 1. The first-order chi connectivity index (χ1) is 8.77. The Balaban J connectivity index is 1.91. The molecule has 1 aromatic carbocycles. The van der Waals surface area contributed by atoms with Gasteiger partial charge in [-0.15, -0.1) is 0 Å². The van der Waals surface area contributed by atoms with E-state index in [0.29, 0.717) is 19.6 Å². The van der Waals surface area contributed by atoms with Gasteiger partial charge in [-0.2, -0.15) is 0 Å². The minimum atomic E-state index is -0.453. The average Bonchev–Trinajstić information content (AvgIpc) is 2.68. The van der Waals surface area contributed by atoms with Crippen molar-refractivity contribution < 1.29 is 9.53 Å². The number of amides is 1. The Hall–Kier alpha value is -1.39. The van der Waals surface area contributed by atoms with E-state index in [2.05, 4.69) is 0 Å². The van der Waals surface area contributed by atoms with E-state index >= 15 is 0 Å². The first-order valence-corrected chi connectivity index (χ1v) is 6.43. The van der Waals surface area contributed by atoms with E-state index in [1.807, 2.05) is 35.2 Å². The SMILES string of the molecule is N[C@H](Cc1ccccc1)C(=O)N1CCCOCC1. The normalized spacial score (nSPS) is 18.2. The Morgan fingerprint density at radius 3 is 2.83 bits per heavy atom.